The Morgan fingerprint density at radius 3 is 2.31 bits per heavy atom. The van der Waals surface area contributed by atoms with Crippen LogP contribution in [-0.4, -0.2) is 73.6 Å². The number of carboxylic acids is 2. The van der Waals surface area contributed by atoms with Gasteiger partial charge in [-0.25, -0.2) is 14.7 Å². The van der Waals surface area contributed by atoms with Gasteiger partial charge in [0.15, 0.2) is 10.5 Å². The molecule has 3 aromatic rings. The molecule has 14 heteroatoms. The lowest BCUT2D eigenvalue weighted by atomic mass is 9.90. The third kappa shape index (κ3) is 9.57. The van der Waals surface area contributed by atoms with Crippen LogP contribution < -0.4 is 16.1 Å². The number of phenolic OH excluding ortho intramolecular Hbond substituents is 1. The molecule has 6 N–H and O–H groups in total. The van der Waals surface area contributed by atoms with Crippen LogP contribution in [0.5, 0.6) is 5.75 Å². The average molecular weight is 725 g/mol. The van der Waals surface area contributed by atoms with Gasteiger partial charge in [-0.3, -0.25) is 14.8 Å². The highest BCUT2D eigenvalue weighted by Crippen LogP contribution is 2.42. The molecule has 13 nitrogen and oxygen atoms in total. The van der Waals surface area contributed by atoms with Crippen LogP contribution in [0.2, 0.25) is 0 Å². The number of carbonyl (C=O) groups excluding carboxylic acids is 1. The van der Waals surface area contributed by atoms with Crippen LogP contribution >= 0.6 is 12.2 Å². The van der Waals surface area contributed by atoms with Gasteiger partial charge in [-0.05, 0) is 91.7 Å². The molecule has 1 heterocycles. The number of rotatable bonds is 14. The number of nitrogens with one attached hydrogen (secondary N) is 2. The van der Waals surface area contributed by atoms with Crippen molar-refractivity contribution in [2.75, 3.05) is 25.5 Å². The van der Waals surface area contributed by atoms with Crippen molar-refractivity contribution in [1.29, 1.82) is 0 Å². The molecule has 0 saturated carbocycles. The van der Waals surface area contributed by atoms with E-state index in [1.165, 1.54) is 30.3 Å². The van der Waals surface area contributed by atoms with Gasteiger partial charge in [-0.15, -0.1) is 0 Å². The first kappa shape index (κ1) is 37.2. The number of carbonyl (C=O) groups is 3. The Bertz CT molecular complexity index is 2180. The SMILES string of the molecule is CN(CCCCN(O)C(=O)C=CC(=O)O)Cc1ccc(CNC(=S)Nc2ccc(-c3c4ccc(=O)cc-4oc4cc(O)ccc34)c(C(=O)O)c2)cc1. The lowest BCUT2D eigenvalue weighted by Gasteiger charge is -2.18. The molecule has 1 aliphatic carbocycles. The van der Waals surface area contributed by atoms with Crippen molar-refractivity contribution in [3.63, 3.8) is 0 Å². The number of hydrogen-bond donors (Lipinski definition) is 6. The van der Waals surface area contributed by atoms with Crippen molar-refractivity contribution in [2.24, 2.45) is 0 Å². The summed E-state index contributed by atoms with van der Waals surface area (Å²) in [5.74, 6) is -2.98. The summed E-state index contributed by atoms with van der Waals surface area (Å²) in [5.41, 5.74) is 4.03. The second kappa shape index (κ2) is 16.7. The van der Waals surface area contributed by atoms with Gasteiger partial charge in [0.2, 0.25) is 0 Å². The zero-order valence-corrected chi connectivity index (χ0v) is 28.9. The fourth-order valence-electron chi connectivity index (χ4n) is 5.66. The van der Waals surface area contributed by atoms with Crippen molar-refractivity contribution < 1.29 is 39.3 Å². The number of carboxylic acid groups (broad SMARTS) is 2. The summed E-state index contributed by atoms with van der Waals surface area (Å²) in [7, 11) is 1.97. The zero-order chi connectivity index (χ0) is 37.4. The van der Waals surface area contributed by atoms with Crippen molar-refractivity contribution in [2.45, 2.75) is 25.9 Å². The molecular formula is C38H36N4O9S. The monoisotopic (exact) mass is 724 g/mol. The molecule has 0 bridgehead atoms. The number of phenols is 1. The maximum Gasteiger partial charge on any atom is 0.336 e. The number of aromatic hydroxyl groups is 1. The Labute approximate surface area is 303 Å². The number of aromatic carboxylic acids is 1. The van der Waals surface area contributed by atoms with E-state index in [9.17, 15) is 34.6 Å². The molecular weight excluding hydrogens is 689 g/mol. The highest BCUT2D eigenvalue weighted by molar-refractivity contribution is 7.80. The predicted octanol–water partition coefficient (Wildman–Crippen LogP) is 5.53. The third-order valence-corrected chi connectivity index (χ3v) is 8.41. The van der Waals surface area contributed by atoms with Crippen molar-refractivity contribution >= 4 is 51.8 Å². The second-order valence-electron chi connectivity index (χ2n) is 12.1. The van der Waals surface area contributed by atoms with E-state index < -0.39 is 17.8 Å². The van der Waals surface area contributed by atoms with Crippen LogP contribution in [0.15, 0.2) is 100 Å². The Hall–Kier alpha value is -6.09. The van der Waals surface area contributed by atoms with Crippen molar-refractivity contribution in [3.8, 4) is 28.2 Å². The molecule has 0 atom stereocenters. The molecule has 1 amide bonds. The molecule has 0 fully saturated rings. The maximum atomic E-state index is 12.5. The first-order chi connectivity index (χ1) is 24.9. The van der Waals surface area contributed by atoms with Crippen LogP contribution in [0.3, 0.4) is 0 Å². The average Bonchev–Trinajstić information content (AvgIpc) is 3.10. The molecule has 0 aromatic heterocycles. The third-order valence-electron chi connectivity index (χ3n) is 8.17. The predicted molar refractivity (Wildman–Crippen MR) is 199 cm³/mol. The van der Waals surface area contributed by atoms with E-state index in [0.29, 0.717) is 69.1 Å². The van der Waals surface area contributed by atoms with Crippen molar-refractivity contribution in [1.82, 2.24) is 15.3 Å². The lowest BCUT2D eigenvalue weighted by Crippen LogP contribution is -2.28. The first-order valence-corrected chi connectivity index (χ1v) is 16.6. The van der Waals surface area contributed by atoms with Gasteiger partial charge in [0.05, 0.1) is 5.56 Å². The normalized spacial score (nSPS) is 11.3. The number of benzene rings is 4. The van der Waals surface area contributed by atoms with Crippen LogP contribution in [-0.2, 0) is 22.7 Å². The highest BCUT2D eigenvalue weighted by atomic mass is 32.1. The number of amides is 1. The number of unbranched alkanes of at least 4 members (excludes halogenated alkanes) is 1. The molecule has 0 saturated heterocycles. The van der Waals surface area contributed by atoms with E-state index in [0.717, 1.165) is 30.2 Å². The number of fused-ring (bicyclic) bond motifs is 2. The van der Waals surface area contributed by atoms with Crippen LogP contribution in [0.1, 0.15) is 34.3 Å². The van der Waals surface area contributed by atoms with E-state index in [1.54, 1.807) is 24.3 Å². The summed E-state index contributed by atoms with van der Waals surface area (Å²) >= 11 is 5.50. The number of hydroxylamine groups is 2. The van der Waals surface area contributed by atoms with E-state index in [2.05, 4.69) is 15.5 Å². The molecule has 3 aromatic carbocycles. The highest BCUT2D eigenvalue weighted by Gasteiger charge is 2.22. The van der Waals surface area contributed by atoms with Gasteiger partial charge in [0, 0.05) is 66.1 Å². The zero-order valence-electron chi connectivity index (χ0n) is 28.0. The smallest absolute Gasteiger partial charge is 0.336 e. The van der Waals surface area contributed by atoms with Gasteiger partial charge in [-0.1, -0.05) is 30.3 Å². The van der Waals surface area contributed by atoms with E-state index in [-0.39, 0.29) is 29.0 Å². The largest absolute Gasteiger partial charge is 0.508 e. The fraction of sp³-hybridized carbons (Fsp3) is 0.184. The maximum absolute atomic E-state index is 12.5. The van der Waals surface area contributed by atoms with Gasteiger partial charge >= 0.3 is 11.9 Å². The van der Waals surface area contributed by atoms with Gasteiger partial charge in [0.1, 0.15) is 17.1 Å². The number of anilines is 1. The van der Waals surface area contributed by atoms with Gasteiger partial charge < -0.3 is 35.3 Å². The molecule has 1 aliphatic heterocycles. The van der Waals surface area contributed by atoms with Gasteiger partial charge in [-0.2, -0.15) is 0 Å². The van der Waals surface area contributed by atoms with E-state index in [1.807, 2.05) is 31.3 Å². The summed E-state index contributed by atoms with van der Waals surface area (Å²) < 4.78 is 5.90. The Balaban J connectivity index is 1.17. The van der Waals surface area contributed by atoms with E-state index >= 15 is 0 Å². The lowest BCUT2D eigenvalue weighted by molar-refractivity contribution is -0.159. The molecule has 0 spiro atoms. The molecule has 2 aliphatic rings. The Morgan fingerprint density at radius 1 is 0.865 bits per heavy atom. The molecule has 0 radical (unpaired) electrons. The number of aliphatic carboxylic acids is 1. The molecule has 268 valence electrons. The first-order valence-electron chi connectivity index (χ1n) is 16.2. The minimum atomic E-state index is -1.26. The van der Waals surface area contributed by atoms with Crippen molar-refractivity contribution in [3.05, 3.63) is 118 Å². The second-order valence-corrected chi connectivity index (χ2v) is 12.5. The summed E-state index contributed by atoms with van der Waals surface area (Å²) in [4.78, 5) is 48.9. The summed E-state index contributed by atoms with van der Waals surface area (Å²) in [6.45, 7) is 1.92. The molecule has 5 rings (SSSR count). The van der Waals surface area contributed by atoms with Gasteiger partial charge in [0.25, 0.3) is 5.91 Å². The van der Waals surface area contributed by atoms with Crippen LogP contribution in [0.25, 0.3) is 33.4 Å². The standard InChI is InChI=1S/C38H36N4O9S/c1-41(16-2-3-17-42(50)34(45)14-15-35(46)47)22-24-6-4-23(5-7-24)21-39-38(52)40-25-8-11-28(31(18-25)37(48)49)36-29-12-9-26(43)19-32(29)51-33-20-27(44)10-13-30(33)36/h4-15,18-20,43,50H,2-3,16-17,21-22H2,1H3,(H,46,47)(H,48,49)(H2,39,40,52). The number of thiocarbonyl (C=S) groups is 1. The fourth-order valence-corrected chi connectivity index (χ4v) is 5.85. The minimum Gasteiger partial charge on any atom is -0.508 e. The number of nitrogens with zero attached hydrogens (tertiary/aromatic N) is 2. The topological polar surface area (TPSA) is 193 Å². The summed E-state index contributed by atoms with van der Waals surface area (Å²) in [6.07, 6.45) is 2.75. The Kier molecular flexibility index (Phi) is 12.0. The summed E-state index contributed by atoms with van der Waals surface area (Å²) in [6, 6.07) is 21.7. The quantitative estimate of drug-likeness (QED) is 0.0210. The summed E-state index contributed by atoms with van der Waals surface area (Å²) in [5, 5.41) is 46.2. The Morgan fingerprint density at radius 2 is 1.58 bits per heavy atom. The number of hydrogen-bond acceptors (Lipinski definition) is 9. The van der Waals surface area contributed by atoms with Crippen LogP contribution in [0, 0.1) is 0 Å². The minimum absolute atomic E-state index is 0.00249. The molecule has 52 heavy (non-hydrogen) atoms. The molecule has 0 unspecified atom stereocenters. The van der Waals surface area contributed by atoms with E-state index in [4.69, 9.17) is 21.7 Å². The van der Waals surface area contributed by atoms with Crippen LogP contribution in [0.4, 0.5) is 5.69 Å².